The van der Waals surface area contributed by atoms with Crippen molar-refractivity contribution in [2.45, 2.75) is 18.7 Å². The molecule has 5 heteroatoms. The largest absolute Gasteiger partial charge is 0.768 e. The van der Waals surface area contributed by atoms with Gasteiger partial charge in [0.2, 0.25) is 0 Å². The fraction of sp³-hybridized carbons (Fsp3) is 0.200. The average Bonchev–Trinajstić information content (AvgIpc) is 2.16. The second kappa shape index (κ2) is 4.46. The molecule has 0 fully saturated rings. The molecule has 0 heterocycles. The molecule has 0 bridgehead atoms. The van der Waals surface area contributed by atoms with Gasteiger partial charge in [0, 0.05) is 16.0 Å². The molecular weight excluding hydrogens is 216 g/mol. The first-order valence-corrected chi connectivity index (χ1v) is 5.25. The lowest BCUT2D eigenvalue weighted by molar-refractivity contribution is 0.101. The smallest absolute Gasteiger partial charge is 0.159 e. The highest BCUT2D eigenvalue weighted by molar-refractivity contribution is 7.79. The lowest BCUT2D eigenvalue weighted by atomic mass is 10.1. The van der Waals surface area contributed by atoms with Crippen molar-refractivity contribution in [3.63, 3.8) is 0 Å². The Morgan fingerprint density at radius 1 is 1.07 bits per heavy atom. The van der Waals surface area contributed by atoms with E-state index in [-0.39, 0.29) is 27.6 Å². The second-order valence-corrected chi connectivity index (χ2v) is 4.03. The van der Waals surface area contributed by atoms with Crippen LogP contribution in [0.2, 0.25) is 0 Å². The first kappa shape index (κ1) is 11.7. The standard InChI is InChI=1S/C10H10O4S/c1-6(11)8-3-9(7(2)12)5-10(4-8)15(13)14/h3-5H,1-2H3,(H,13,14)/p-1. The lowest BCUT2D eigenvalue weighted by Crippen LogP contribution is -2.01. The molecule has 0 radical (unpaired) electrons. The molecule has 4 nitrogen and oxygen atoms in total. The normalized spacial score (nSPS) is 12.2. The van der Waals surface area contributed by atoms with Crippen molar-refractivity contribution in [1.82, 2.24) is 0 Å². The molecule has 15 heavy (non-hydrogen) atoms. The first-order valence-electron chi connectivity index (χ1n) is 4.18. The Bertz CT molecular complexity index is 372. The van der Waals surface area contributed by atoms with Crippen LogP contribution in [0.15, 0.2) is 23.1 Å². The van der Waals surface area contributed by atoms with Gasteiger partial charge in [-0.25, -0.2) is 0 Å². The zero-order valence-corrected chi connectivity index (χ0v) is 9.09. The maximum absolute atomic E-state index is 11.1. The molecule has 1 aromatic rings. The molecule has 0 aromatic heterocycles. The Morgan fingerprint density at radius 3 is 1.73 bits per heavy atom. The van der Waals surface area contributed by atoms with Crippen LogP contribution in [0.3, 0.4) is 0 Å². The van der Waals surface area contributed by atoms with Crippen molar-refractivity contribution in [3.8, 4) is 0 Å². The summed E-state index contributed by atoms with van der Waals surface area (Å²) in [5, 5.41) is 0. The third-order valence-corrected chi connectivity index (χ3v) is 2.53. The van der Waals surface area contributed by atoms with Gasteiger partial charge in [-0.15, -0.1) is 0 Å². The predicted octanol–water partition coefficient (Wildman–Crippen LogP) is 1.33. The Kier molecular flexibility index (Phi) is 3.49. The Hall–Kier alpha value is -1.33. The minimum Gasteiger partial charge on any atom is -0.768 e. The molecule has 1 atom stereocenters. The zero-order valence-electron chi connectivity index (χ0n) is 8.27. The third-order valence-electron chi connectivity index (χ3n) is 1.91. The van der Waals surface area contributed by atoms with Gasteiger partial charge in [-0.3, -0.25) is 13.8 Å². The van der Waals surface area contributed by atoms with Crippen LogP contribution in [0.4, 0.5) is 0 Å². The summed E-state index contributed by atoms with van der Waals surface area (Å²) in [6.07, 6.45) is 0. The third kappa shape index (κ3) is 2.81. The first-order chi connectivity index (χ1) is 6.91. The van der Waals surface area contributed by atoms with Crippen LogP contribution in [0.1, 0.15) is 34.6 Å². The van der Waals surface area contributed by atoms with E-state index in [1.807, 2.05) is 0 Å². The van der Waals surface area contributed by atoms with Gasteiger partial charge in [-0.1, -0.05) is 0 Å². The molecule has 0 aliphatic rings. The van der Waals surface area contributed by atoms with E-state index in [0.717, 1.165) is 0 Å². The number of carbonyl (C=O) groups is 2. The van der Waals surface area contributed by atoms with E-state index >= 15 is 0 Å². The van der Waals surface area contributed by atoms with Crippen molar-refractivity contribution in [2.24, 2.45) is 0 Å². The molecule has 0 aliphatic heterocycles. The second-order valence-electron chi connectivity index (χ2n) is 3.09. The minimum absolute atomic E-state index is 0.0482. The number of hydrogen-bond donors (Lipinski definition) is 0. The summed E-state index contributed by atoms with van der Waals surface area (Å²) < 4.78 is 21.5. The van der Waals surface area contributed by atoms with Gasteiger partial charge < -0.3 is 4.55 Å². The number of carbonyl (C=O) groups excluding carboxylic acids is 2. The van der Waals surface area contributed by atoms with E-state index in [4.69, 9.17) is 0 Å². The van der Waals surface area contributed by atoms with Crippen molar-refractivity contribution in [3.05, 3.63) is 29.3 Å². The maximum Gasteiger partial charge on any atom is 0.159 e. The van der Waals surface area contributed by atoms with Crippen LogP contribution in [-0.4, -0.2) is 20.3 Å². The quantitative estimate of drug-likeness (QED) is 0.574. The topological polar surface area (TPSA) is 74.3 Å². The Morgan fingerprint density at radius 2 is 1.47 bits per heavy atom. The molecule has 0 aliphatic carbocycles. The van der Waals surface area contributed by atoms with E-state index in [1.54, 1.807) is 0 Å². The molecule has 0 saturated carbocycles. The SMILES string of the molecule is CC(=O)c1cc(C(C)=O)cc(S(=O)[O-])c1. The van der Waals surface area contributed by atoms with Crippen LogP contribution < -0.4 is 0 Å². The summed E-state index contributed by atoms with van der Waals surface area (Å²) >= 11 is -2.44. The summed E-state index contributed by atoms with van der Waals surface area (Å²) in [5.41, 5.74) is 0.448. The lowest BCUT2D eigenvalue weighted by Gasteiger charge is -2.08. The molecule has 1 aromatic carbocycles. The summed E-state index contributed by atoms with van der Waals surface area (Å²) in [6, 6.07) is 3.89. The number of hydrogen-bond acceptors (Lipinski definition) is 4. The van der Waals surface area contributed by atoms with Crippen LogP contribution in [0, 0.1) is 0 Å². The van der Waals surface area contributed by atoms with Gasteiger partial charge in [0.05, 0.1) is 0 Å². The van der Waals surface area contributed by atoms with Gasteiger partial charge in [0.15, 0.2) is 11.6 Å². The molecule has 0 N–H and O–H groups in total. The average molecular weight is 225 g/mol. The monoisotopic (exact) mass is 225 g/mol. The maximum atomic E-state index is 11.1. The fourth-order valence-corrected chi connectivity index (χ4v) is 1.55. The molecular formula is C10H9O4S-. The van der Waals surface area contributed by atoms with E-state index < -0.39 is 11.1 Å². The van der Waals surface area contributed by atoms with Crippen LogP contribution in [-0.2, 0) is 11.1 Å². The predicted molar refractivity (Wildman–Crippen MR) is 53.6 cm³/mol. The summed E-state index contributed by atoms with van der Waals surface area (Å²) in [7, 11) is 0. The Labute approximate surface area is 89.6 Å². The van der Waals surface area contributed by atoms with Gasteiger partial charge in [0.25, 0.3) is 0 Å². The van der Waals surface area contributed by atoms with E-state index in [0.29, 0.717) is 0 Å². The highest BCUT2D eigenvalue weighted by Gasteiger charge is 2.07. The van der Waals surface area contributed by atoms with E-state index in [9.17, 15) is 18.4 Å². The summed E-state index contributed by atoms with van der Waals surface area (Å²) in [5.74, 6) is -0.547. The van der Waals surface area contributed by atoms with Crippen molar-refractivity contribution < 1.29 is 18.4 Å². The van der Waals surface area contributed by atoms with Crippen LogP contribution in [0.25, 0.3) is 0 Å². The van der Waals surface area contributed by atoms with Crippen LogP contribution in [0.5, 0.6) is 0 Å². The molecule has 1 rings (SSSR count). The van der Waals surface area contributed by atoms with Crippen LogP contribution >= 0.6 is 0 Å². The van der Waals surface area contributed by atoms with Gasteiger partial charge in [0.1, 0.15) is 0 Å². The number of Topliss-reactive ketones (excluding diaryl/α,β-unsaturated/α-hetero) is 2. The molecule has 80 valence electrons. The minimum atomic E-state index is -2.44. The summed E-state index contributed by atoms with van der Waals surface area (Å²) in [4.78, 5) is 22.1. The highest BCUT2D eigenvalue weighted by atomic mass is 32.2. The van der Waals surface area contributed by atoms with Crippen molar-refractivity contribution in [2.75, 3.05) is 0 Å². The fourth-order valence-electron chi connectivity index (χ4n) is 1.10. The summed E-state index contributed by atoms with van der Waals surface area (Å²) in [6.45, 7) is 2.63. The highest BCUT2D eigenvalue weighted by Crippen LogP contribution is 2.14. The Balaban J connectivity index is 3.39. The van der Waals surface area contributed by atoms with Crippen molar-refractivity contribution in [1.29, 1.82) is 0 Å². The molecule has 1 unspecified atom stereocenters. The zero-order chi connectivity index (χ0) is 11.6. The molecule has 0 spiro atoms. The van der Waals surface area contributed by atoms with Gasteiger partial charge >= 0.3 is 0 Å². The molecule has 0 amide bonds. The van der Waals surface area contributed by atoms with Gasteiger partial charge in [-0.05, 0) is 43.1 Å². The number of ketones is 2. The number of rotatable bonds is 3. The van der Waals surface area contributed by atoms with Gasteiger partial charge in [-0.2, -0.15) is 0 Å². The van der Waals surface area contributed by atoms with Crippen molar-refractivity contribution >= 4 is 22.6 Å². The van der Waals surface area contributed by atoms with E-state index in [2.05, 4.69) is 0 Å². The van der Waals surface area contributed by atoms with E-state index in [1.165, 1.54) is 32.0 Å². The molecule has 0 saturated heterocycles. The number of benzene rings is 1.